The van der Waals surface area contributed by atoms with E-state index < -0.39 is 0 Å². The number of hydrogen-bond acceptors (Lipinski definition) is 4. The van der Waals surface area contributed by atoms with Crippen LogP contribution in [0.15, 0.2) is 67.1 Å². The Balaban J connectivity index is 1.77. The lowest BCUT2D eigenvalue weighted by Crippen LogP contribution is -2.31. The summed E-state index contributed by atoms with van der Waals surface area (Å²) in [7, 11) is 3.27. The Bertz CT molecular complexity index is 1080. The monoisotopic (exact) mass is 361 g/mol. The van der Waals surface area contributed by atoms with Crippen molar-refractivity contribution in [3.05, 3.63) is 78.4 Å². The average molecular weight is 361 g/mol. The van der Waals surface area contributed by atoms with E-state index >= 15 is 0 Å². The first kappa shape index (κ1) is 16.8. The molecule has 0 N–H and O–H groups in total. The summed E-state index contributed by atoms with van der Waals surface area (Å²) in [6, 6.07) is 15.4. The van der Waals surface area contributed by atoms with Gasteiger partial charge in [0.15, 0.2) is 0 Å². The molecule has 4 aromatic rings. The van der Waals surface area contributed by atoms with Crippen LogP contribution in [-0.4, -0.2) is 32.2 Å². The minimum atomic E-state index is -0.183. The highest BCUT2D eigenvalue weighted by atomic mass is 16.5. The van der Waals surface area contributed by atoms with Crippen molar-refractivity contribution in [1.29, 1.82) is 0 Å². The molecule has 1 aromatic carbocycles. The predicted octanol–water partition coefficient (Wildman–Crippen LogP) is 2.92. The summed E-state index contributed by atoms with van der Waals surface area (Å²) in [6.07, 6.45) is 5.40. The Hall–Kier alpha value is -3.61. The molecule has 0 aliphatic carbocycles. The van der Waals surface area contributed by atoms with Crippen molar-refractivity contribution in [3.63, 3.8) is 0 Å². The predicted molar refractivity (Wildman–Crippen MR) is 102 cm³/mol. The molecule has 0 bridgehead atoms. The van der Waals surface area contributed by atoms with Crippen molar-refractivity contribution >= 4 is 17.2 Å². The van der Waals surface area contributed by atoms with Crippen molar-refractivity contribution in [1.82, 2.24) is 19.2 Å². The van der Waals surface area contributed by atoms with Crippen LogP contribution in [0.4, 0.5) is 5.69 Å². The molecule has 0 saturated heterocycles. The molecule has 0 fully saturated rings. The first-order valence-electron chi connectivity index (χ1n) is 8.53. The molecule has 0 atom stereocenters. The Morgan fingerprint density at radius 3 is 2.70 bits per heavy atom. The van der Waals surface area contributed by atoms with Crippen LogP contribution >= 0.6 is 0 Å². The van der Waals surface area contributed by atoms with Gasteiger partial charge in [0, 0.05) is 25.1 Å². The maximum Gasteiger partial charge on any atom is 0.265 e. The summed E-state index contributed by atoms with van der Waals surface area (Å²) in [5, 5.41) is 4.20. The number of imidazole rings is 1. The third-order valence-electron chi connectivity index (χ3n) is 4.35. The highest BCUT2D eigenvalue weighted by Gasteiger charge is 2.25. The van der Waals surface area contributed by atoms with E-state index in [1.54, 1.807) is 29.0 Å². The highest BCUT2D eigenvalue weighted by Crippen LogP contribution is 2.24. The summed E-state index contributed by atoms with van der Waals surface area (Å²) < 4.78 is 8.83. The number of carbonyl (C=O) groups excluding carboxylic acids is 1. The third-order valence-corrected chi connectivity index (χ3v) is 4.35. The van der Waals surface area contributed by atoms with Crippen LogP contribution < -0.4 is 9.64 Å². The van der Waals surface area contributed by atoms with E-state index in [1.165, 1.54) is 7.11 Å². The minimum absolute atomic E-state index is 0.183. The molecular formula is C20H19N5O2. The fraction of sp³-hybridized carbons (Fsp3) is 0.150. The van der Waals surface area contributed by atoms with Gasteiger partial charge >= 0.3 is 0 Å². The molecular weight excluding hydrogens is 342 g/mol. The molecule has 3 aromatic heterocycles. The zero-order valence-corrected chi connectivity index (χ0v) is 15.1. The van der Waals surface area contributed by atoms with E-state index in [1.807, 2.05) is 59.1 Å². The van der Waals surface area contributed by atoms with Gasteiger partial charge in [0.1, 0.15) is 11.2 Å². The molecule has 0 radical (unpaired) electrons. The van der Waals surface area contributed by atoms with Crippen LogP contribution in [0, 0.1) is 0 Å². The van der Waals surface area contributed by atoms with Crippen LogP contribution in [0.1, 0.15) is 16.1 Å². The number of amides is 1. The Kier molecular flexibility index (Phi) is 4.33. The second kappa shape index (κ2) is 6.95. The number of rotatable bonds is 5. The number of aromatic nitrogens is 4. The van der Waals surface area contributed by atoms with Crippen molar-refractivity contribution in [2.24, 2.45) is 7.05 Å². The molecule has 7 nitrogen and oxygen atoms in total. The summed E-state index contributed by atoms with van der Waals surface area (Å²) in [5.74, 6) is 0.124. The Labute approximate surface area is 156 Å². The number of carbonyl (C=O) groups is 1. The zero-order chi connectivity index (χ0) is 18.8. The van der Waals surface area contributed by atoms with Gasteiger partial charge in [-0.2, -0.15) is 0 Å². The Morgan fingerprint density at radius 2 is 1.93 bits per heavy atom. The molecule has 1 amide bonds. The van der Waals surface area contributed by atoms with E-state index in [0.717, 1.165) is 17.0 Å². The third kappa shape index (κ3) is 3.15. The molecule has 0 unspecified atom stereocenters. The topological polar surface area (TPSA) is 64.7 Å². The maximum atomic E-state index is 13.4. The fourth-order valence-electron chi connectivity index (χ4n) is 3.06. The number of methoxy groups -OCH3 is 1. The van der Waals surface area contributed by atoms with Crippen LogP contribution in [0.5, 0.6) is 5.88 Å². The summed E-state index contributed by atoms with van der Waals surface area (Å²) in [6.45, 7) is 0.367. The first-order valence-corrected chi connectivity index (χ1v) is 8.53. The van der Waals surface area contributed by atoms with Gasteiger partial charge in [-0.25, -0.2) is 4.98 Å². The summed E-state index contributed by atoms with van der Waals surface area (Å²) in [5.41, 5.74) is 2.95. The number of fused-ring (bicyclic) bond motifs is 1. The lowest BCUT2D eigenvalue weighted by Gasteiger charge is -2.22. The van der Waals surface area contributed by atoms with Crippen molar-refractivity contribution < 1.29 is 9.53 Å². The summed E-state index contributed by atoms with van der Waals surface area (Å²) in [4.78, 5) is 19.5. The molecule has 0 saturated carbocycles. The van der Waals surface area contributed by atoms with E-state index in [4.69, 9.17) is 4.74 Å². The number of ether oxygens (including phenoxy) is 1. The molecule has 3 heterocycles. The van der Waals surface area contributed by atoms with Crippen LogP contribution in [0.25, 0.3) is 5.65 Å². The largest absolute Gasteiger partial charge is 0.479 e. The molecule has 7 heteroatoms. The minimum Gasteiger partial charge on any atom is -0.479 e. The lowest BCUT2D eigenvalue weighted by molar-refractivity contribution is 0.0981. The number of aryl methyl sites for hydroxylation is 1. The molecule has 0 spiro atoms. The highest BCUT2D eigenvalue weighted by molar-refractivity contribution is 6.07. The smallest absolute Gasteiger partial charge is 0.265 e. The number of pyridine rings is 1. The van der Waals surface area contributed by atoms with E-state index in [9.17, 15) is 4.79 Å². The van der Waals surface area contributed by atoms with Gasteiger partial charge in [0.05, 0.1) is 25.5 Å². The number of anilines is 1. The van der Waals surface area contributed by atoms with Gasteiger partial charge in [-0.3, -0.25) is 9.48 Å². The summed E-state index contributed by atoms with van der Waals surface area (Å²) >= 11 is 0. The normalized spacial score (nSPS) is 10.9. The Morgan fingerprint density at radius 1 is 1.15 bits per heavy atom. The van der Waals surface area contributed by atoms with E-state index in [0.29, 0.717) is 18.0 Å². The quantitative estimate of drug-likeness (QED) is 0.548. The number of nitrogens with zero attached hydrogens (tertiary/aromatic N) is 5. The van der Waals surface area contributed by atoms with Crippen LogP contribution in [0.3, 0.4) is 0 Å². The molecule has 136 valence electrons. The second-order valence-electron chi connectivity index (χ2n) is 6.13. The maximum absolute atomic E-state index is 13.4. The second-order valence-corrected chi connectivity index (χ2v) is 6.13. The lowest BCUT2D eigenvalue weighted by atomic mass is 10.2. The fourth-order valence-corrected chi connectivity index (χ4v) is 3.06. The van der Waals surface area contributed by atoms with Crippen LogP contribution in [-0.2, 0) is 13.6 Å². The molecule has 4 rings (SSSR count). The standard InChI is InChI=1S/C20H19N5O2/c1-23-14-17(19(22-23)27-2)20(26)25(15-8-4-3-5-9-15)13-16-12-21-18-10-6-7-11-24(16)18/h3-12,14H,13H2,1-2H3. The van der Waals surface area contributed by atoms with Gasteiger partial charge in [0.2, 0.25) is 5.88 Å². The van der Waals surface area contributed by atoms with Gasteiger partial charge in [-0.15, -0.1) is 5.10 Å². The first-order chi connectivity index (χ1) is 13.2. The van der Waals surface area contributed by atoms with Gasteiger partial charge in [-0.1, -0.05) is 24.3 Å². The van der Waals surface area contributed by atoms with Crippen molar-refractivity contribution in [2.75, 3.05) is 12.0 Å². The van der Waals surface area contributed by atoms with Gasteiger partial charge in [-0.05, 0) is 24.3 Å². The molecule has 27 heavy (non-hydrogen) atoms. The van der Waals surface area contributed by atoms with Gasteiger partial charge < -0.3 is 14.0 Å². The average Bonchev–Trinajstić information content (AvgIpc) is 3.29. The van der Waals surface area contributed by atoms with E-state index in [2.05, 4.69) is 10.1 Å². The van der Waals surface area contributed by atoms with Crippen molar-refractivity contribution in [2.45, 2.75) is 6.54 Å². The molecule has 0 aliphatic heterocycles. The number of benzene rings is 1. The SMILES string of the molecule is COc1nn(C)cc1C(=O)N(Cc1cnc2ccccn12)c1ccccc1. The van der Waals surface area contributed by atoms with Gasteiger partial charge in [0.25, 0.3) is 5.91 Å². The molecule has 0 aliphatic rings. The number of para-hydroxylation sites is 1. The number of hydrogen-bond donors (Lipinski definition) is 0. The van der Waals surface area contributed by atoms with Crippen LogP contribution in [0.2, 0.25) is 0 Å². The zero-order valence-electron chi connectivity index (χ0n) is 15.1. The van der Waals surface area contributed by atoms with E-state index in [-0.39, 0.29) is 5.91 Å². The van der Waals surface area contributed by atoms with Crippen molar-refractivity contribution in [3.8, 4) is 5.88 Å².